The minimum Gasteiger partial charge on any atom is -0.372 e. The molecule has 3 rings (SSSR count). The fraction of sp³-hybridized carbons (Fsp3) is 0.571. The van der Waals surface area contributed by atoms with Crippen molar-refractivity contribution in [3.8, 4) is 0 Å². The molecule has 1 saturated heterocycles. The van der Waals surface area contributed by atoms with E-state index in [2.05, 4.69) is 10.1 Å². The zero-order valence-corrected chi connectivity index (χ0v) is 12.9. The fourth-order valence-corrected chi connectivity index (χ4v) is 2.81. The van der Waals surface area contributed by atoms with Crippen LogP contribution in [0.15, 0.2) is 17.3 Å². The molecule has 0 aliphatic carbocycles. The number of amides is 1. The molecule has 0 spiro atoms. The molecule has 22 heavy (non-hydrogen) atoms. The maximum atomic E-state index is 12.4. The Kier molecular flexibility index (Phi) is 3.69. The van der Waals surface area contributed by atoms with Crippen LogP contribution in [0.5, 0.6) is 0 Å². The van der Waals surface area contributed by atoms with Gasteiger partial charge in [0.15, 0.2) is 5.65 Å². The summed E-state index contributed by atoms with van der Waals surface area (Å²) in [4.78, 5) is 30.7. The van der Waals surface area contributed by atoms with Gasteiger partial charge in [-0.05, 0) is 13.8 Å². The molecule has 118 valence electrons. The first-order valence-corrected chi connectivity index (χ1v) is 7.26. The van der Waals surface area contributed by atoms with Gasteiger partial charge in [0, 0.05) is 20.1 Å². The first kappa shape index (κ1) is 14.7. The summed E-state index contributed by atoms with van der Waals surface area (Å²) in [5, 5.41) is 4.43. The second-order valence-electron chi connectivity index (χ2n) is 5.74. The molecule has 1 aliphatic rings. The summed E-state index contributed by atoms with van der Waals surface area (Å²) in [5.41, 5.74) is 0.267. The average molecular weight is 305 g/mol. The molecule has 3 heterocycles. The van der Waals surface area contributed by atoms with Gasteiger partial charge in [-0.1, -0.05) is 0 Å². The van der Waals surface area contributed by atoms with Gasteiger partial charge in [0.05, 0.1) is 18.4 Å². The molecular formula is C14H19N5O3. The fourth-order valence-electron chi connectivity index (χ4n) is 2.81. The van der Waals surface area contributed by atoms with Crippen LogP contribution in [0.25, 0.3) is 11.0 Å². The summed E-state index contributed by atoms with van der Waals surface area (Å²) in [7, 11) is 1.72. The molecule has 2 unspecified atom stereocenters. The van der Waals surface area contributed by atoms with Crippen molar-refractivity contribution in [3.05, 3.63) is 22.9 Å². The summed E-state index contributed by atoms with van der Waals surface area (Å²) in [6.45, 7) is 4.94. The molecule has 0 N–H and O–H groups in total. The molecule has 1 fully saturated rings. The minimum atomic E-state index is -0.249. The van der Waals surface area contributed by atoms with E-state index < -0.39 is 0 Å². The second kappa shape index (κ2) is 5.53. The van der Waals surface area contributed by atoms with Crippen LogP contribution in [-0.4, -0.2) is 55.4 Å². The molecule has 2 aromatic heterocycles. The van der Waals surface area contributed by atoms with Crippen molar-refractivity contribution < 1.29 is 9.53 Å². The summed E-state index contributed by atoms with van der Waals surface area (Å²) in [5.74, 6) is -0.103. The quantitative estimate of drug-likeness (QED) is 0.765. The van der Waals surface area contributed by atoms with Gasteiger partial charge in [0.1, 0.15) is 18.3 Å². The number of aryl methyl sites for hydroxylation is 1. The van der Waals surface area contributed by atoms with Gasteiger partial charge in [-0.25, -0.2) is 4.98 Å². The monoisotopic (exact) mass is 305 g/mol. The van der Waals surface area contributed by atoms with Gasteiger partial charge in [-0.2, -0.15) is 5.10 Å². The molecule has 0 aromatic carbocycles. The molecule has 2 atom stereocenters. The van der Waals surface area contributed by atoms with Crippen molar-refractivity contribution in [3.63, 3.8) is 0 Å². The van der Waals surface area contributed by atoms with E-state index in [1.807, 2.05) is 13.8 Å². The van der Waals surface area contributed by atoms with Crippen molar-refractivity contribution in [1.29, 1.82) is 0 Å². The summed E-state index contributed by atoms with van der Waals surface area (Å²) < 4.78 is 8.48. The zero-order chi connectivity index (χ0) is 15.9. The molecule has 8 heteroatoms. The van der Waals surface area contributed by atoms with Crippen molar-refractivity contribution in [2.24, 2.45) is 7.05 Å². The van der Waals surface area contributed by atoms with E-state index >= 15 is 0 Å². The van der Waals surface area contributed by atoms with E-state index in [9.17, 15) is 9.59 Å². The van der Waals surface area contributed by atoms with Crippen molar-refractivity contribution in [1.82, 2.24) is 24.2 Å². The Balaban J connectivity index is 1.82. The van der Waals surface area contributed by atoms with E-state index in [0.29, 0.717) is 24.1 Å². The molecule has 0 saturated carbocycles. The summed E-state index contributed by atoms with van der Waals surface area (Å²) >= 11 is 0. The topological polar surface area (TPSA) is 82.3 Å². The zero-order valence-electron chi connectivity index (χ0n) is 12.9. The third kappa shape index (κ3) is 2.61. The largest absolute Gasteiger partial charge is 0.372 e. The van der Waals surface area contributed by atoms with E-state index in [-0.39, 0.29) is 30.2 Å². The van der Waals surface area contributed by atoms with Gasteiger partial charge in [0.25, 0.3) is 5.56 Å². The van der Waals surface area contributed by atoms with E-state index in [1.54, 1.807) is 11.9 Å². The van der Waals surface area contributed by atoms with Gasteiger partial charge in [-0.15, -0.1) is 0 Å². The Morgan fingerprint density at radius 3 is 2.73 bits per heavy atom. The normalized spacial score (nSPS) is 22.2. The van der Waals surface area contributed by atoms with Crippen LogP contribution in [0, 0.1) is 0 Å². The summed E-state index contributed by atoms with van der Waals surface area (Å²) in [6, 6.07) is 0. The maximum Gasteiger partial charge on any atom is 0.264 e. The van der Waals surface area contributed by atoms with Crippen LogP contribution < -0.4 is 5.56 Å². The number of carbonyl (C=O) groups excluding carboxylic acids is 1. The Morgan fingerprint density at radius 2 is 2.05 bits per heavy atom. The number of morpholine rings is 1. The molecule has 0 radical (unpaired) electrons. The van der Waals surface area contributed by atoms with Gasteiger partial charge >= 0.3 is 0 Å². The van der Waals surface area contributed by atoms with E-state index in [4.69, 9.17) is 4.74 Å². The van der Waals surface area contributed by atoms with Crippen LogP contribution in [0.1, 0.15) is 13.8 Å². The average Bonchev–Trinajstić information content (AvgIpc) is 2.83. The van der Waals surface area contributed by atoms with E-state index in [0.717, 1.165) is 0 Å². The van der Waals surface area contributed by atoms with Crippen LogP contribution in [0.2, 0.25) is 0 Å². The predicted molar refractivity (Wildman–Crippen MR) is 79.4 cm³/mol. The number of rotatable bonds is 2. The number of aromatic nitrogens is 4. The number of fused-ring (bicyclic) bond motifs is 1. The summed E-state index contributed by atoms with van der Waals surface area (Å²) in [6.07, 6.45) is 2.88. The standard InChI is InChI=1S/C14H19N5O3/c1-9-5-18(6-10(2)22-9)12(20)7-19-8-15-13-11(14(19)21)4-16-17(13)3/h4,8-10H,5-7H2,1-3H3. The number of hydrogen-bond donors (Lipinski definition) is 0. The van der Waals surface area contributed by atoms with Gasteiger partial charge < -0.3 is 9.64 Å². The van der Waals surface area contributed by atoms with Crippen LogP contribution in [-0.2, 0) is 23.1 Å². The van der Waals surface area contributed by atoms with Gasteiger partial charge in [0.2, 0.25) is 5.91 Å². The highest BCUT2D eigenvalue weighted by molar-refractivity contribution is 5.77. The molecule has 1 amide bonds. The van der Waals surface area contributed by atoms with Crippen LogP contribution in [0.4, 0.5) is 0 Å². The van der Waals surface area contributed by atoms with Crippen LogP contribution >= 0.6 is 0 Å². The lowest BCUT2D eigenvalue weighted by Gasteiger charge is -2.35. The highest BCUT2D eigenvalue weighted by Crippen LogP contribution is 2.11. The number of carbonyl (C=O) groups is 1. The third-order valence-electron chi connectivity index (χ3n) is 3.80. The highest BCUT2D eigenvalue weighted by atomic mass is 16.5. The highest BCUT2D eigenvalue weighted by Gasteiger charge is 2.26. The molecular weight excluding hydrogens is 286 g/mol. The SMILES string of the molecule is CC1CN(C(=O)Cn2cnc3c(cnn3C)c2=O)CC(C)O1. The lowest BCUT2D eigenvalue weighted by Crippen LogP contribution is -2.49. The van der Waals surface area contributed by atoms with Crippen LogP contribution in [0.3, 0.4) is 0 Å². The smallest absolute Gasteiger partial charge is 0.264 e. The van der Waals surface area contributed by atoms with Crippen molar-refractivity contribution >= 4 is 16.9 Å². The van der Waals surface area contributed by atoms with Crippen molar-refractivity contribution in [2.75, 3.05) is 13.1 Å². The van der Waals surface area contributed by atoms with E-state index in [1.165, 1.54) is 21.8 Å². The number of ether oxygens (including phenoxy) is 1. The Bertz CT molecular complexity index is 755. The molecule has 1 aliphatic heterocycles. The number of hydrogen-bond acceptors (Lipinski definition) is 5. The maximum absolute atomic E-state index is 12.4. The predicted octanol–water partition coefficient (Wildman–Crippen LogP) is -0.234. The molecule has 2 aromatic rings. The number of nitrogens with zero attached hydrogens (tertiary/aromatic N) is 5. The molecule has 8 nitrogen and oxygen atoms in total. The Labute approximate surface area is 127 Å². The Morgan fingerprint density at radius 1 is 1.36 bits per heavy atom. The molecule has 0 bridgehead atoms. The van der Waals surface area contributed by atoms with Crippen molar-refractivity contribution in [2.45, 2.75) is 32.6 Å². The first-order chi connectivity index (χ1) is 10.5. The second-order valence-corrected chi connectivity index (χ2v) is 5.74. The minimum absolute atomic E-state index is 0.00310. The van der Waals surface area contributed by atoms with Gasteiger partial charge in [-0.3, -0.25) is 18.8 Å². The first-order valence-electron chi connectivity index (χ1n) is 7.26. The Hall–Kier alpha value is -2.22. The lowest BCUT2D eigenvalue weighted by atomic mass is 10.2. The lowest BCUT2D eigenvalue weighted by molar-refractivity contribution is -0.143. The third-order valence-corrected chi connectivity index (χ3v) is 3.80.